The van der Waals surface area contributed by atoms with Crippen molar-refractivity contribution in [3.05, 3.63) is 48.0 Å². The number of fused-ring (bicyclic) bond motifs is 1. The van der Waals surface area contributed by atoms with Crippen molar-refractivity contribution in [3.63, 3.8) is 0 Å². The molecule has 0 unspecified atom stereocenters. The predicted molar refractivity (Wildman–Crippen MR) is 91.0 cm³/mol. The molecule has 0 saturated carbocycles. The van der Waals surface area contributed by atoms with Crippen molar-refractivity contribution in [2.24, 2.45) is 0 Å². The third-order valence-electron chi connectivity index (χ3n) is 3.76. The Labute approximate surface area is 136 Å². The second kappa shape index (κ2) is 8.29. The Morgan fingerprint density at radius 2 is 1.87 bits per heavy atom. The van der Waals surface area contributed by atoms with E-state index in [0.29, 0.717) is 6.54 Å². The number of imide groups is 1. The quantitative estimate of drug-likeness (QED) is 0.759. The average Bonchev–Trinajstić information content (AvgIpc) is 2.57. The number of nitrogens with one attached hydrogen (secondary N) is 2. The van der Waals surface area contributed by atoms with Crippen LogP contribution in [0.3, 0.4) is 0 Å². The van der Waals surface area contributed by atoms with Crippen LogP contribution in [-0.4, -0.2) is 25.0 Å². The van der Waals surface area contributed by atoms with Gasteiger partial charge in [-0.1, -0.05) is 49.4 Å². The predicted octanol–water partition coefficient (Wildman–Crippen LogP) is 1.70. The number of urea groups is 1. The molecular formula is C18H24N3O2+. The van der Waals surface area contributed by atoms with Crippen LogP contribution in [0, 0.1) is 0 Å². The first-order valence-corrected chi connectivity index (χ1v) is 8.00. The molecule has 122 valence electrons. The molecule has 5 nitrogen and oxygen atoms in total. The lowest BCUT2D eigenvalue weighted by Crippen LogP contribution is -2.87. The number of hydrogen-bond acceptors (Lipinski definition) is 2. The molecule has 0 saturated heterocycles. The summed E-state index contributed by atoms with van der Waals surface area (Å²) < 4.78 is 0. The molecule has 0 fully saturated rings. The Hall–Kier alpha value is -2.40. The van der Waals surface area contributed by atoms with Gasteiger partial charge in [0.1, 0.15) is 6.04 Å². The summed E-state index contributed by atoms with van der Waals surface area (Å²) in [5.74, 6) is -0.286. The van der Waals surface area contributed by atoms with E-state index >= 15 is 0 Å². The highest BCUT2D eigenvalue weighted by molar-refractivity contribution is 5.94. The molecule has 2 aromatic rings. The van der Waals surface area contributed by atoms with Gasteiger partial charge in [0, 0.05) is 12.1 Å². The molecule has 2 aromatic carbocycles. The molecule has 1 atom stereocenters. The van der Waals surface area contributed by atoms with Gasteiger partial charge in [-0.3, -0.25) is 10.1 Å². The van der Waals surface area contributed by atoms with Crippen LogP contribution in [0.2, 0.25) is 0 Å². The molecule has 4 N–H and O–H groups in total. The third kappa shape index (κ3) is 4.79. The van der Waals surface area contributed by atoms with Crippen molar-refractivity contribution >= 4 is 22.7 Å². The Morgan fingerprint density at radius 3 is 2.65 bits per heavy atom. The number of amides is 3. The van der Waals surface area contributed by atoms with E-state index in [1.807, 2.05) is 30.4 Å². The number of quaternary nitrogens is 1. The lowest BCUT2D eigenvalue weighted by atomic mass is 10.00. The molecule has 0 heterocycles. The van der Waals surface area contributed by atoms with Gasteiger partial charge in [0.15, 0.2) is 6.54 Å². The maximum atomic E-state index is 11.8. The van der Waals surface area contributed by atoms with E-state index in [1.165, 1.54) is 16.3 Å². The minimum Gasteiger partial charge on any atom is -0.338 e. The summed E-state index contributed by atoms with van der Waals surface area (Å²) in [6, 6.07) is 14.1. The van der Waals surface area contributed by atoms with Crippen molar-refractivity contribution < 1.29 is 14.9 Å². The summed E-state index contributed by atoms with van der Waals surface area (Å²) in [5, 5.41) is 9.28. The van der Waals surface area contributed by atoms with E-state index < -0.39 is 6.03 Å². The van der Waals surface area contributed by atoms with E-state index in [4.69, 9.17) is 0 Å². The molecule has 0 spiro atoms. The number of carbonyl (C=O) groups is 2. The van der Waals surface area contributed by atoms with Crippen molar-refractivity contribution in [1.82, 2.24) is 10.6 Å². The highest BCUT2D eigenvalue weighted by Crippen LogP contribution is 2.21. The zero-order valence-corrected chi connectivity index (χ0v) is 13.6. The van der Waals surface area contributed by atoms with Gasteiger partial charge in [-0.2, -0.15) is 0 Å². The highest BCUT2D eigenvalue weighted by Gasteiger charge is 2.15. The zero-order valence-electron chi connectivity index (χ0n) is 13.6. The zero-order chi connectivity index (χ0) is 16.7. The summed E-state index contributed by atoms with van der Waals surface area (Å²) in [6.07, 6.45) is 0.839. The van der Waals surface area contributed by atoms with Crippen LogP contribution in [0.4, 0.5) is 4.79 Å². The second-order valence-electron chi connectivity index (χ2n) is 5.60. The summed E-state index contributed by atoms with van der Waals surface area (Å²) >= 11 is 0. The van der Waals surface area contributed by atoms with Crippen molar-refractivity contribution in [3.8, 4) is 0 Å². The summed E-state index contributed by atoms with van der Waals surface area (Å²) in [4.78, 5) is 23.3. The largest absolute Gasteiger partial charge is 0.338 e. The van der Waals surface area contributed by atoms with Crippen LogP contribution in [0.25, 0.3) is 10.8 Å². The normalized spacial score (nSPS) is 11.9. The van der Waals surface area contributed by atoms with Crippen LogP contribution < -0.4 is 16.0 Å². The molecule has 23 heavy (non-hydrogen) atoms. The van der Waals surface area contributed by atoms with E-state index in [1.54, 1.807) is 0 Å². The molecule has 0 aliphatic heterocycles. The summed E-state index contributed by atoms with van der Waals surface area (Å²) in [6.45, 7) is 4.80. The smallest absolute Gasteiger partial charge is 0.321 e. The molecule has 0 bridgehead atoms. The first kappa shape index (κ1) is 17.0. The van der Waals surface area contributed by atoms with E-state index in [9.17, 15) is 9.59 Å². The average molecular weight is 314 g/mol. The SMILES string of the molecule is CCCNC(=O)NC(=O)C[NH2+][C@H](C)c1cccc2ccccc12. The molecular weight excluding hydrogens is 290 g/mol. The monoisotopic (exact) mass is 314 g/mol. The molecule has 0 aromatic heterocycles. The lowest BCUT2D eigenvalue weighted by molar-refractivity contribution is -0.682. The fourth-order valence-corrected chi connectivity index (χ4v) is 2.52. The van der Waals surface area contributed by atoms with Crippen LogP contribution >= 0.6 is 0 Å². The van der Waals surface area contributed by atoms with E-state index in [0.717, 1.165) is 6.42 Å². The second-order valence-corrected chi connectivity index (χ2v) is 5.60. The van der Waals surface area contributed by atoms with Gasteiger partial charge in [-0.25, -0.2) is 4.79 Å². The van der Waals surface area contributed by atoms with Crippen LogP contribution in [0.15, 0.2) is 42.5 Å². The number of carbonyl (C=O) groups excluding carboxylic acids is 2. The van der Waals surface area contributed by atoms with Crippen LogP contribution in [0.5, 0.6) is 0 Å². The van der Waals surface area contributed by atoms with Crippen molar-refractivity contribution in [2.75, 3.05) is 13.1 Å². The maximum Gasteiger partial charge on any atom is 0.321 e. The standard InChI is InChI=1S/C18H23N3O2/c1-3-11-19-18(23)21-17(22)12-20-13(2)15-10-6-8-14-7-4-5-9-16(14)15/h4-10,13,20H,3,11-12H2,1-2H3,(H2,19,21,22,23)/p+1/t13-/m1/s1. The van der Waals surface area contributed by atoms with Gasteiger partial charge in [-0.15, -0.1) is 0 Å². The molecule has 0 aliphatic rings. The van der Waals surface area contributed by atoms with Crippen molar-refractivity contribution in [2.45, 2.75) is 26.3 Å². The van der Waals surface area contributed by atoms with Crippen molar-refractivity contribution in [1.29, 1.82) is 0 Å². The fourth-order valence-electron chi connectivity index (χ4n) is 2.52. The molecule has 3 amide bonds. The van der Waals surface area contributed by atoms with Crippen LogP contribution in [-0.2, 0) is 4.79 Å². The maximum absolute atomic E-state index is 11.8. The number of benzene rings is 2. The Bertz CT molecular complexity index is 680. The molecule has 5 heteroatoms. The van der Waals surface area contributed by atoms with Crippen LogP contribution in [0.1, 0.15) is 31.9 Å². The Balaban J connectivity index is 1.92. The molecule has 0 aliphatic carbocycles. The van der Waals surface area contributed by atoms with Gasteiger partial charge in [0.2, 0.25) is 0 Å². The Morgan fingerprint density at radius 1 is 1.13 bits per heavy atom. The summed E-state index contributed by atoms with van der Waals surface area (Å²) in [5.41, 5.74) is 1.19. The van der Waals surface area contributed by atoms with Gasteiger partial charge >= 0.3 is 6.03 Å². The third-order valence-corrected chi connectivity index (χ3v) is 3.76. The van der Waals surface area contributed by atoms with E-state index in [2.05, 4.69) is 41.8 Å². The molecule has 2 rings (SSSR count). The van der Waals surface area contributed by atoms with Gasteiger partial charge in [0.25, 0.3) is 5.91 Å². The first-order chi connectivity index (χ1) is 11.1. The Kier molecular flexibility index (Phi) is 6.11. The number of nitrogens with two attached hydrogens (primary N) is 1. The first-order valence-electron chi connectivity index (χ1n) is 8.00. The van der Waals surface area contributed by atoms with Gasteiger partial charge in [0.05, 0.1) is 0 Å². The number of hydrogen-bond donors (Lipinski definition) is 3. The van der Waals surface area contributed by atoms with Gasteiger partial charge < -0.3 is 10.6 Å². The minimum absolute atomic E-state index is 0.130. The topological polar surface area (TPSA) is 74.8 Å². The lowest BCUT2D eigenvalue weighted by Gasteiger charge is -2.13. The van der Waals surface area contributed by atoms with Gasteiger partial charge in [-0.05, 0) is 24.1 Å². The highest BCUT2D eigenvalue weighted by atomic mass is 16.2. The molecule has 0 radical (unpaired) electrons. The van der Waals surface area contributed by atoms with E-state index in [-0.39, 0.29) is 18.5 Å². The minimum atomic E-state index is -0.428. The fraction of sp³-hybridized carbons (Fsp3) is 0.333. The summed E-state index contributed by atoms with van der Waals surface area (Å²) in [7, 11) is 0. The number of rotatable bonds is 6.